The fourth-order valence-electron chi connectivity index (χ4n) is 3.21. The van der Waals surface area contributed by atoms with Gasteiger partial charge < -0.3 is 4.18 Å². The fourth-order valence-corrected chi connectivity index (χ4v) is 4.27. The maximum atomic E-state index is 12.3. The Bertz CT molecular complexity index is 754. The summed E-state index contributed by atoms with van der Waals surface area (Å²) in [7, 11) is -3.53. The van der Waals surface area contributed by atoms with Gasteiger partial charge in [-0.2, -0.15) is 8.42 Å². The van der Waals surface area contributed by atoms with Crippen molar-refractivity contribution >= 4 is 20.9 Å². The van der Waals surface area contributed by atoms with Crippen LogP contribution in [0.25, 0.3) is 10.8 Å². The Kier molecular flexibility index (Phi) is 11.8. The van der Waals surface area contributed by atoms with Crippen LogP contribution in [0.5, 0.6) is 5.75 Å². The van der Waals surface area contributed by atoms with Crippen LogP contribution in [-0.2, 0) is 28.7 Å². The van der Waals surface area contributed by atoms with Crippen molar-refractivity contribution < 1.29 is 31.2 Å². The second-order valence-corrected chi connectivity index (χ2v) is 8.69. The molecule has 27 heavy (non-hydrogen) atoms. The first-order chi connectivity index (χ1) is 12.6. The maximum absolute atomic E-state index is 12.3. The van der Waals surface area contributed by atoms with Gasteiger partial charge in [-0.3, -0.25) is 0 Å². The molecule has 0 atom stereocenters. The van der Waals surface area contributed by atoms with E-state index in [2.05, 4.69) is 6.92 Å². The molecule has 0 aliphatic heterocycles. The summed E-state index contributed by atoms with van der Waals surface area (Å²) in [5.74, 6) is 0.516. The van der Waals surface area contributed by atoms with Crippen LogP contribution < -0.4 is 4.18 Å². The first kappa shape index (κ1) is 24.1. The van der Waals surface area contributed by atoms with E-state index in [9.17, 15) is 8.42 Å². The first-order valence-corrected chi connectivity index (χ1v) is 11.6. The third kappa shape index (κ3) is 9.18. The summed E-state index contributed by atoms with van der Waals surface area (Å²) in [6, 6.07) is 13.2. The summed E-state index contributed by atoms with van der Waals surface area (Å²) < 4.78 is 29.9. The second kappa shape index (κ2) is 13.3. The number of unbranched alkanes of at least 4 members (excludes halogenated alkanes) is 9. The van der Waals surface area contributed by atoms with Gasteiger partial charge in [0.2, 0.25) is 0 Å². The van der Waals surface area contributed by atoms with E-state index in [-0.39, 0.29) is 24.3 Å². The van der Waals surface area contributed by atoms with Crippen molar-refractivity contribution in [1.82, 2.24) is 0 Å². The van der Waals surface area contributed by atoms with E-state index in [1.54, 1.807) is 6.07 Å². The molecule has 2 aromatic rings. The Morgan fingerprint density at radius 1 is 0.741 bits per heavy atom. The molecule has 0 fully saturated rings. The van der Waals surface area contributed by atoms with E-state index in [0.29, 0.717) is 12.2 Å². The Morgan fingerprint density at radius 2 is 1.30 bits per heavy atom. The molecule has 0 saturated carbocycles. The summed E-state index contributed by atoms with van der Waals surface area (Å²) in [5, 5.41) is 1.82. The van der Waals surface area contributed by atoms with Crippen LogP contribution in [0.4, 0.5) is 0 Å². The van der Waals surface area contributed by atoms with Crippen LogP contribution in [0, 0.1) is 0 Å². The predicted octanol–water partition coefficient (Wildman–Crippen LogP) is 6.47. The van der Waals surface area contributed by atoms with Gasteiger partial charge in [0.05, 0.1) is 5.75 Å². The molecule has 0 aromatic heterocycles. The molecule has 0 saturated heterocycles. The molecule has 5 heteroatoms. The molecule has 149 valence electrons. The van der Waals surface area contributed by atoms with Crippen molar-refractivity contribution in [3.8, 4) is 5.75 Å². The van der Waals surface area contributed by atoms with Gasteiger partial charge in [0.25, 0.3) is 0 Å². The summed E-state index contributed by atoms with van der Waals surface area (Å²) in [6.45, 7) is 2.23. The average Bonchev–Trinajstić information content (AvgIpc) is 2.63. The fraction of sp³-hybridized carbons (Fsp3) is 0.545. The zero-order chi connectivity index (χ0) is 18.7. The Balaban J connectivity index is 0.00000364. The molecule has 0 unspecified atom stereocenters. The van der Waals surface area contributed by atoms with E-state index in [1.165, 1.54) is 44.9 Å². The molecule has 2 aromatic carbocycles. The number of fused-ring (bicyclic) bond motifs is 1. The van der Waals surface area contributed by atoms with Crippen molar-refractivity contribution in [2.75, 3.05) is 5.75 Å². The smallest absolute Gasteiger partial charge is 0.309 e. The Morgan fingerprint density at radius 3 is 1.96 bits per heavy atom. The van der Waals surface area contributed by atoms with Gasteiger partial charge in [0.15, 0.2) is 0 Å². The topological polar surface area (TPSA) is 43.4 Å². The molecule has 0 spiro atoms. The van der Waals surface area contributed by atoms with Gasteiger partial charge in [-0.05, 0) is 17.9 Å². The molecular weight excluding hydrogens is 395 g/mol. The number of hydrogen-bond donors (Lipinski definition) is 0. The van der Waals surface area contributed by atoms with Crippen molar-refractivity contribution in [2.45, 2.75) is 71.1 Å². The van der Waals surface area contributed by atoms with Crippen LogP contribution in [0.15, 0.2) is 42.5 Å². The van der Waals surface area contributed by atoms with E-state index < -0.39 is 10.1 Å². The minimum atomic E-state index is -3.53. The minimum absolute atomic E-state index is 0. The van der Waals surface area contributed by atoms with Gasteiger partial charge in [-0.25, -0.2) is 0 Å². The van der Waals surface area contributed by atoms with Crippen molar-refractivity contribution in [3.63, 3.8) is 0 Å². The van der Waals surface area contributed by atoms with E-state index in [0.717, 1.165) is 23.6 Å². The van der Waals surface area contributed by atoms with E-state index in [1.807, 2.05) is 36.4 Å². The molecule has 0 aliphatic rings. The normalized spacial score (nSPS) is 11.3. The minimum Gasteiger partial charge on any atom is -0.382 e. The molecule has 0 amide bonds. The molecule has 0 aliphatic carbocycles. The monoisotopic (exact) mass is 427 g/mol. The molecule has 3 nitrogen and oxygen atoms in total. The van der Waals surface area contributed by atoms with Crippen LogP contribution in [0.1, 0.15) is 71.1 Å². The van der Waals surface area contributed by atoms with Crippen LogP contribution in [0.3, 0.4) is 0 Å². The molecular formula is C22H32O3SV. The second-order valence-electron chi connectivity index (χ2n) is 7.00. The van der Waals surface area contributed by atoms with Gasteiger partial charge in [-0.1, -0.05) is 101 Å². The third-order valence-corrected chi connectivity index (χ3v) is 5.94. The van der Waals surface area contributed by atoms with Gasteiger partial charge >= 0.3 is 10.1 Å². The molecule has 1 radical (unpaired) electrons. The van der Waals surface area contributed by atoms with Crippen LogP contribution in [-0.4, -0.2) is 14.2 Å². The average molecular weight is 428 g/mol. The molecule has 0 N–H and O–H groups in total. The SMILES string of the molecule is CCCCCCCCCCCCS(=O)(=O)Oc1cccc2ccccc12.[V]. The quantitative estimate of drug-likeness (QED) is 0.272. The standard InChI is InChI=1S/C22H32O3S.V/c1-2-3-4-5-6-7-8-9-10-13-19-26(23,24)25-22-18-14-16-20-15-11-12-17-21(20)22;/h11-12,14-18H,2-10,13,19H2,1H3;. The first-order valence-electron chi connectivity index (χ1n) is 10.0. The maximum Gasteiger partial charge on any atom is 0.309 e. The van der Waals surface area contributed by atoms with Crippen LogP contribution in [0.2, 0.25) is 0 Å². The summed E-state index contributed by atoms with van der Waals surface area (Å²) in [4.78, 5) is 0. The molecule has 2 rings (SSSR count). The third-order valence-electron chi connectivity index (χ3n) is 4.71. The summed E-state index contributed by atoms with van der Waals surface area (Å²) in [5.41, 5.74) is 0. The van der Waals surface area contributed by atoms with Crippen molar-refractivity contribution in [3.05, 3.63) is 42.5 Å². The Labute approximate surface area is 176 Å². The van der Waals surface area contributed by atoms with E-state index in [4.69, 9.17) is 4.18 Å². The van der Waals surface area contributed by atoms with Gasteiger partial charge in [-0.15, -0.1) is 0 Å². The number of hydrogen-bond acceptors (Lipinski definition) is 3. The Hall–Kier alpha value is -0.966. The molecule has 0 bridgehead atoms. The van der Waals surface area contributed by atoms with Crippen molar-refractivity contribution in [2.24, 2.45) is 0 Å². The van der Waals surface area contributed by atoms with Gasteiger partial charge in [0, 0.05) is 23.9 Å². The summed E-state index contributed by atoms with van der Waals surface area (Å²) >= 11 is 0. The van der Waals surface area contributed by atoms with Crippen molar-refractivity contribution in [1.29, 1.82) is 0 Å². The number of benzene rings is 2. The molecule has 0 heterocycles. The van der Waals surface area contributed by atoms with Crippen LogP contribution >= 0.6 is 0 Å². The largest absolute Gasteiger partial charge is 0.382 e. The van der Waals surface area contributed by atoms with Gasteiger partial charge in [0.1, 0.15) is 5.75 Å². The summed E-state index contributed by atoms with van der Waals surface area (Å²) in [6.07, 6.45) is 11.8. The van der Waals surface area contributed by atoms with E-state index >= 15 is 0 Å². The zero-order valence-corrected chi connectivity index (χ0v) is 18.6. The predicted molar refractivity (Wildman–Crippen MR) is 110 cm³/mol. The number of rotatable bonds is 13. The zero-order valence-electron chi connectivity index (χ0n) is 16.4.